The molecule has 0 spiro atoms. The van der Waals surface area contributed by atoms with Gasteiger partial charge in [-0.2, -0.15) is 0 Å². The Hall–Kier alpha value is -3.71. The summed E-state index contributed by atoms with van der Waals surface area (Å²) in [6, 6.07) is 34.6. The first-order valence-electron chi connectivity index (χ1n) is 9.57. The van der Waals surface area contributed by atoms with Gasteiger partial charge in [0.1, 0.15) is 0 Å². The number of aromatic nitrogens is 1. The summed E-state index contributed by atoms with van der Waals surface area (Å²) >= 11 is 0. The normalized spacial score (nSPS) is 11.6. The maximum absolute atomic E-state index is 4.59. The molecule has 0 amide bonds. The first kappa shape index (κ1) is 15.4. The molecule has 4 aromatic carbocycles. The number of rotatable bonds is 2. The van der Waals surface area contributed by atoms with Gasteiger partial charge >= 0.3 is 0 Å². The van der Waals surface area contributed by atoms with Gasteiger partial charge in [-0.25, -0.2) is 0 Å². The highest BCUT2D eigenvalue weighted by atomic mass is 14.7. The van der Waals surface area contributed by atoms with E-state index >= 15 is 0 Å². The van der Waals surface area contributed by atoms with E-state index in [2.05, 4.69) is 89.9 Å². The molecule has 0 fully saturated rings. The highest BCUT2D eigenvalue weighted by Gasteiger charge is 2.22. The standard InChI is InChI=1S/C27H17N/c1-4-12-23(26-14-5-6-15-28-26)20(9-1)19-16-18-8-7-13-24-21-10-2-3-11-22(21)25(17-19)27(18)24/h1-17H. The minimum absolute atomic E-state index is 1.00. The number of pyridine rings is 1. The van der Waals surface area contributed by atoms with Gasteiger partial charge in [0.2, 0.25) is 0 Å². The first-order chi connectivity index (χ1) is 13.9. The van der Waals surface area contributed by atoms with Gasteiger partial charge in [-0.1, -0.05) is 72.8 Å². The smallest absolute Gasteiger partial charge is 0.0708 e. The Kier molecular flexibility index (Phi) is 3.24. The fourth-order valence-electron chi connectivity index (χ4n) is 4.45. The maximum Gasteiger partial charge on any atom is 0.0708 e. The van der Waals surface area contributed by atoms with Gasteiger partial charge in [-0.05, 0) is 68.4 Å². The molecule has 0 saturated heterocycles. The Bertz CT molecular complexity index is 1350. The fourth-order valence-corrected chi connectivity index (χ4v) is 4.45. The van der Waals surface area contributed by atoms with Crippen LogP contribution in [0.3, 0.4) is 0 Å². The van der Waals surface area contributed by atoms with Crippen LogP contribution in [0.2, 0.25) is 0 Å². The van der Waals surface area contributed by atoms with E-state index < -0.39 is 0 Å². The van der Waals surface area contributed by atoms with E-state index in [4.69, 9.17) is 0 Å². The van der Waals surface area contributed by atoms with Crippen LogP contribution in [-0.2, 0) is 0 Å². The molecule has 28 heavy (non-hydrogen) atoms. The molecule has 6 rings (SSSR count). The van der Waals surface area contributed by atoms with Crippen LogP contribution in [0.5, 0.6) is 0 Å². The van der Waals surface area contributed by atoms with Gasteiger partial charge in [-0.15, -0.1) is 0 Å². The molecule has 5 aromatic rings. The predicted octanol–water partition coefficient (Wildman–Crippen LogP) is 7.22. The largest absolute Gasteiger partial charge is 0.256 e. The lowest BCUT2D eigenvalue weighted by molar-refractivity contribution is 1.33. The van der Waals surface area contributed by atoms with E-state index in [9.17, 15) is 0 Å². The molecule has 1 heterocycles. The molecule has 0 saturated carbocycles. The number of hydrogen-bond acceptors (Lipinski definition) is 1. The second kappa shape index (κ2) is 5.90. The van der Waals surface area contributed by atoms with Crippen LogP contribution in [0.15, 0.2) is 103 Å². The van der Waals surface area contributed by atoms with Crippen molar-refractivity contribution >= 4 is 10.8 Å². The Morgan fingerprint density at radius 3 is 1.93 bits per heavy atom. The van der Waals surface area contributed by atoms with E-state index in [0.29, 0.717) is 0 Å². The third-order valence-corrected chi connectivity index (χ3v) is 5.66. The zero-order valence-corrected chi connectivity index (χ0v) is 15.3. The molecule has 1 heteroatoms. The van der Waals surface area contributed by atoms with E-state index in [-0.39, 0.29) is 0 Å². The zero-order valence-electron chi connectivity index (χ0n) is 15.3. The molecule has 1 aromatic heterocycles. The number of nitrogens with zero attached hydrogens (tertiary/aromatic N) is 1. The summed E-state index contributed by atoms with van der Waals surface area (Å²) in [6.07, 6.45) is 1.86. The zero-order chi connectivity index (χ0) is 18.5. The fraction of sp³-hybridized carbons (Fsp3) is 0. The molecule has 0 aliphatic heterocycles. The molecular formula is C27H17N. The van der Waals surface area contributed by atoms with E-state index in [0.717, 1.165) is 11.3 Å². The monoisotopic (exact) mass is 355 g/mol. The van der Waals surface area contributed by atoms with Crippen molar-refractivity contribution in [2.75, 3.05) is 0 Å². The molecule has 0 bridgehead atoms. The van der Waals surface area contributed by atoms with Crippen LogP contribution in [0.25, 0.3) is 55.4 Å². The maximum atomic E-state index is 4.59. The molecule has 130 valence electrons. The van der Waals surface area contributed by atoms with Gasteiger partial charge in [0, 0.05) is 11.8 Å². The van der Waals surface area contributed by atoms with Crippen molar-refractivity contribution in [2.24, 2.45) is 0 Å². The van der Waals surface area contributed by atoms with Crippen molar-refractivity contribution in [3.05, 3.63) is 103 Å². The Morgan fingerprint density at radius 2 is 1.14 bits per heavy atom. The number of benzene rings is 4. The van der Waals surface area contributed by atoms with Crippen molar-refractivity contribution < 1.29 is 0 Å². The van der Waals surface area contributed by atoms with Crippen LogP contribution < -0.4 is 0 Å². The summed E-state index contributed by atoms with van der Waals surface area (Å²) in [5.41, 5.74) is 9.94. The van der Waals surface area contributed by atoms with Crippen molar-refractivity contribution in [2.45, 2.75) is 0 Å². The Balaban J connectivity index is 1.66. The average molecular weight is 355 g/mol. The number of hydrogen-bond donors (Lipinski definition) is 0. The first-order valence-corrected chi connectivity index (χ1v) is 9.57. The van der Waals surface area contributed by atoms with Gasteiger partial charge in [0.05, 0.1) is 5.69 Å². The van der Waals surface area contributed by atoms with Gasteiger partial charge in [0.15, 0.2) is 0 Å². The second-order valence-electron chi connectivity index (χ2n) is 7.23. The highest BCUT2D eigenvalue weighted by Crippen LogP contribution is 2.48. The quantitative estimate of drug-likeness (QED) is 0.319. The Morgan fingerprint density at radius 1 is 0.464 bits per heavy atom. The highest BCUT2D eigenvalue weighted by molar-refractivity contribution is 6.16. The van der Waals surface area contributed by atoms with Crippen LogP contribution in [0.1, 0.15) is 0 Å². The third-order valence-electron chi connectivity index (χ3n) is 5.66. The van der Waals surface area contributed by atoms with Crippen LogP contribution in [0.4, 0.5) is 0 Å². The summed E-state index contributed by atoms with van der Waals surface area (Å²) in [6.45, 7) is 0. The Labute approximate surface area is 163 Å². The van der Waals surface area contributed by atoms with Crippen LogP contribution >= 0.6 is 0 Å². The van der Waals surface area contributed by atoms with E-state index in [1.165, 1.54) is 44.2 Å². The molecule has 1 aliphatic rings. The van der Waals surface area contributed by atoms with E-state index in [1.807, 2.05) is 18.3 Å². The second-order valence-corrected chi connectivity index (χ2v) is 7.23. The minimum Gasteiger partial charge on any atom is -0.256 e. The lowest BCUT2D eigenvalue weighted by Gasteiger charge is -2.12. The molecule has 0 radical (unpaired) electrons. The van der Waals surface area contributed by atoms with Crippen LogP contribution in [-0.4, -0.2) is 4.98 Å². The summed E-state index contributed by atoms with van der Waals surface area (Å²) in [7, 11) is 0. The average Bonchev–Trinajstić information content (AvgIpc) is 3.10. The molecule has 0 N–H and O–H groups in total. The molecule has 0 atom stereocenters. The summed E-state index contributed by atoms with van der Waals surface area (Å²) in [5.74, 6) is 0. The molecular weight excluding hydrogens is 338 g/mol. The van der Waals surface area contributed by atoms with Crippen molar-refractivity contribution in [3.63, 3.8) is 0 Å². The predicted molar refractivity (Wildman–Crippen MR) is 117 cm³/mol. The minimum atomic E-state index is 1.00. The lowest BCUT2D eigenvalue weighted by Crippen LogP contribution is -1.88. The van der Waals surface area contributed by atoms with Crippen LogP contribution in [0, 0.1) is 0 Å². The summed E-state index contributed by atoms with van der Waals surface area (Å²) < 4.78 is 0. The van der Waals surface area contributed by atoms with Crippen molar-refractivity contribution in [1.29, 1.82) is 0 Å². The number of fused-ring (bicyclic) bond motifs is 3. The van der Waals surface area contributed by atoms with Crippen molar-refractivity contribution in [3.8, 4) is 44.6 Å². The topological polar surface area (TPSA) is 12.9 Å². The molecule has 1 nitrogen and oxygen atoms in total. The SMILES string of the molecule is c1ccc(-c2ccccc2-c2cc3c4c(cccc4c2)-c2ccccc2-3)nc1. The van der Waals surface area contributed by atoms with Gasteiger partial charge < -0.3 is 0 Å². The summed E-state index contributed by atoms with van der Waals surface area (Å²) in [5, 5.41) is 2.65. The molecule has 1 aliphatic carbocycles. The van der Waals surface area contributed by atoms with Gasteiger partial charge in [0.25, 0.3) is 0 Å². The summed E-state index contributed by atoms with van der Waals surface area (Å²) in [4.78, 5) is 4.59. The molecule has 0 unspecified atom stereocenters. The lowest BCUT2D eigenvalue weighted by atomic mass is 9.92. The van der Waals surface area contributed by atoms with Gasteiger partial charge in [-0.3, -0.25) is 4.98 Å². The third kappa shape index (κ3) is 2.17. The van der Waals surface area contributed by atoms with Crippen molar-refractivity contribution in [1.82, 2.24) is 4.98 Å². The van der Waals surface area contributed by atoms with E-state index in [1.54, 1.807) is 0 Å².